The van der Waals surface area contributed by atoms with E-state index in [1.54, 1.807) is 0 Å². The average molecular weight is 623 g/mol. The second-order valence-corrected chi connectivity index (χ2v) is 12.0. The van der Waals surface area contributed by atoms with Gasteiger partial charge in [0.25, 0.3) is 0 Å². The Bertz CT molecular complexity index is 1220. The van der Waals surface area contributed by atoms with Gasteiger partial charge in [0.1, 0.15) is 11.6 Å². The highest BCUT2D eigenvalue weighted by atomic mass is 19.4. The van der Waals surface area contributed by atoms with E-state index in [0.717, 1.165) is 25.7 Å². The van der Waals surface area contributed by atoms with Gasteiger partial charge in [-0.2, -0.15) is 8.78 Å². The van der Waals surface area contributed by atoms with E-state index in [1.807, 2.05) is 19.1 Å². The molecule has 1 aliphatic heterocycles. The molecule has 3 aliphatic rings. The van der Waals surface area contributed by atoms with E-state index in [4.69, 9.17) is 9.47 Å². The maximum absolute atomic E-state index is 15.1. The molecule has 2 aromatic rings. The summed E-state index contributed by atoms with van der Waals surface area (Å²) in [6.45, 7) is 3.13. The summed E-state index contributed by atoms with van der Waals surface area (Å²) in [4.78, 5) is 0. The van der Waals surface area contributed by atoms with E-state index in [0.29, 0.717) is 49.0 Å². The topological polar surface area (TPSA) is 36.9 Å². The largest absolute Gasteiger partial charge is 0.573 e. The molecule has 0 amide bonds. The van der Waals surface area contributed by atoms with Crippen LogP contribution >= 0.6 is 0 Å². The standard InChI is InChI=1S/C31H34F8O4/c1-17-15-40-29(41-16-17)21-8-11-24(25(32)12-21)20-4-2-18(3-5-20)19-6-9-22(10-7-19)30(35,36)42-23-13-26(33)28(27(34)14-23)43-31(37,38)39/h8,11-14,17-20,22,29H,2-7,9-10,15-16H2,1H3. The van der Waals surface area contributed by atoms with E-state index in [9.17, 15) is 30.7 Å². The van der Waals surface area contributed by atoms with Gasteiger partial charge in [0.15, 0.2) is 17.9 Å². The Morgan fingerprint density at radius 1 is 0.698 bits per heavy atom. The van der Waals surface area contributed by atoms with Crippen molar-refractivity contribution >= 4 is 0 Å². The first-order valence-corrected chi connectivity index (χ1v) is 14.6. The third kappa shape index (κ3) is 7.74. The summed E-state index contributed by atoms with van der Waals surface area (Å²) in [5.74, 6) is -6.87. The van der Waals surface area contributed by atoms with Crippen LogP contribution in [-0.4, -0.2) is 25.7 Å². The highest BCUT2D eigenvalue weighted by Gasteiger charge is 2.45. The lowest BCUT2D eigenvalue weighted by atomic mass is 9.68. The first-order valence-electron chi connectivity index (χ1n) is 14.6. The van der Waals surface area contributed by atoms with Crippen molar-refractivity contribution in [2.24, 2.45) is 23.7 Å². The summed E-state index contributed by atoms with van der Waals surface area (Å²) >= 11 is 0. The maximum Gasteiger partial charge on any atom is 0.573 e. The van der Waals surface area contributed by atoms with Gasteiger partial charge in [0, 0.05) is 23.6 Å². The molecule has 1 saturated heterocycles. The van der Waals surface area contributed by atoms with Crippen LogP contribution in [-0.2, 0) is 9.47 Å². The van der Waals surface area contributed by atoms with E-state index >= 15 is 4.39 Å². The van der Waals surface area contributed by atoms with Gasteiger partial charge in [-0.05, 0) is 80.8 Å². The summed E-state index contributed by atoms with van der Waals surface area (Å²) < 4.78 is 129. The molecule has 1 heterocycles. The molecule has 4 nitrogen and oxygen atoms in total. The lowest BCUT2D eigenvalue weighted by Crippen LogP contribution is -2.38. The van der Waals surface area contributed by atoms with Crippen LogP contribution in [0.4, 0.5) is 35.1 Å². The Labute approximate surface area is 244 Å². The fourth-order valence-corrected chi connectivity index (χ4v) is 6.69. The van der Waals surface area contributed by atoms with Crippen molar-refractivity contribution in [1.29, 1.82) is 0 Å². The van der Waals surface area contributed by atoms with Crippen LogP contribution in [0.5, 0.6) is 11.5 Å². The van der Waals surface area contributed by atoms with Crippen LogP contribution in [0.2, 0.25) is 0 Å². The van der Waals surface area contributed by atoms with Crippen LogP contribution in [0.1, 0.15) is 81.6 Å². The molecule has 0 bridgehead atoms. The van der Waals surface area contributed by atoms with Crippen LogP contribution in [0.3, 0.4) is 0 Å². The normalized spacial score (nSPS) is 28.9. The molecule has 0 N–H and O–H groups in total. The molecule has 0 spiro atoms. The maximum atomic E-state index is 15.1. The molecule has 0 unspecified atom stereocenters. The van der Waals surface area contributed by atoms with Gasteiger partial charge in [-0.1, -0.05) is 19.1 Å². The summed E-state index contributed by atoms with van der Waals surface area (Å²) in [5, 5.41) is 0. The molecule has 0 radical (unpaired) electrons. The molecule has 43 heavy (non-hydrogen) atoms. The average Bonchev–Trinajstić information content (AvgIpc) is 2.95. The molecular formula is C31H34F8O4. The van der Waals surface area contributed by atoms with Crippen molar-refractivity contribution in [1.82, 2.24) is 0 Å². The van der Waals surface area contributed by atoms with Crippen LogP contribution in [0.25, 0.3) is 0 Å². The second-order valence-electron chi connectivity index (χ2n) is 12.0. The van der Waals surface area contributed by atoms with Crippen LogP contribution in [0, 0.1) is 41.1 Å². The fraction of sp³-hybridized carbons (Fsp3) is 0.613. The number of hydrogen-bond acceptors (Lipinski definition) is 4. The van der Waals surface area contributed by atoms with Gasteiger partial charge in [0.2, 0.25) is 5.75 Å². The minimum atomic E-state index is -5.35. The Morgan fingerprint density at radius 3 is 1.79 bits per heavy atom. The van der Waals surface area contributed by atoms with Crippen molar-refractivity contribution in [3.63, 3.8) is 0 Å². The first-order chi connectivity index (χ1) is 20.3. The third-order valence-corrected chi connectivity index (χ3v) is 8.93. The van der Waals surface area contributed by atoms with E-state index in [2.05, 4.69) is 9.47 Å². The molecule has 238 valence electrons. The third-order valence-electron chi connectivity index (χ3n) is 8.93. The zero-order valence-corrected chi connectivity index (χ0v) is 23.6. The molecule has 2 aromatic carbocycles. The van der Waals surface area contributed by atoms with E-state index in [1.165, 1.54) is 6.07 Å². The number of benzene rings is 2. The second kappa shape index (κ2) is 12.8. The highest BCUT2D eigenvalue weighted by molar-refractivity contribution is 5.35. The smallest absolute Gasteiger partial charge is 0.432 e. The number of halogens is 8. The molecule has 2 saturated carbocycles. The van der Waals surface area contributed by atoms with Gasteiger partial charge < -0.3 is 18.9 Å². The van der Waals surface area contributed by atoms with E-state index in [-0.39, 0.29) is 42.6 Å². The summed E-state index contributed by atoms with van der Waals surface area (Å²) in [6.07, 6.45) is -5.13. The van der Waals surface area contributed by atoms with Crippen LogP contribution in [0.15, 0.2) is 30.3 Å². The zero-order chi connectivity index (χ0) is 30.9. The monoisotopic (exact) mass is 622 g/mol. The lowest BCUT2D eigenvalue weighted by Gasteiger charge is -2.39. The molecule has 0 aromatic heterocycles. The molecule has 12 heteroatoms. The fourth-order valence-electron chi connectivity index (χ4n) is 6.69. The Morgan fingerprint density at radius 2 is 1.26 bits per heavy atom. The molecule has 3 fully saturated rings. The Balaban J connectivity index is 1.11. The summed E-state index contributed by atoms with van der Waals surface area (Å²) in [5.41, 5.74) is 1.32. The van der Waals surface area contributed by atoms with Gasteiger partial charge >= 0.3 is 12.5 Å². The molecule has 0 atom stereocenters. The zero-order valence-electron chi connectivity index (χ0n) is 23.6. The van der Waals surface area contributed by atoms with Crippen LogP contribution < -0.4 is 9.47 Å². The molecular weight excluding hydrogens is 588 g/mol. The van der Waals surface area contributed by atoms with Gasteiger partial charge in [-0.25, -0.2) is 13.2 Å². The van der Waals surface area contributed by atoms with Gasteiger partial charge in [-0.15, -0.1) is 13.2 Å². The molecule has 2 aliphatic carbocycles. The SMILES string of the molecule is CC1COC(c2ccc(C3CCC(C4CCC(C(F)(F)Oc5cc(F)c(OC(F)(F)F)c(F)c5)CC4)CC3)c(F)c2)OC1. The van der Waals surface area contributed by atoms with Gasteiger partial charge in [0.05, 0.1) is 19.1 Å². The van der Waals surface area contributed by atoms with Crippen molar-refractivity contribution < 1.29 is 54.1 Å². The molecule has 5 rings (SSSR count). The van der Waals surface area contributed by atoms with Gasteiger partial charge in [-0.3, -0.25) is 0 Å². The lowest BCUT2D eigenvalue weighted by molar-refractivity contribution is -0.276. The number of alkyl halides is 5. The van der Waals surface area contributed by atoms with Crippen molar-refractivity contribution in [2.45, 2.75) is 83.0 Å². The quantitative estimate of drug-likeness (QED) is 0.289. The number of ether oxygens (including phenoxy) is 4. The van der Waals surface area contributed by atoms with Crippen molar-refractivity contribution in [3.8, 4) is 11.5 Å². The van der Waals surface area contributed by atoms with Crippen molar-refractivity contribution in [2.75, 3.05) is 13.2 Å². The summed E-state index contributed by atoms with van der Waals surface area (Å²) in [6, 6.07) is 5.64. The minimum absolute atomic E-state index is 0.0706. The Hall–Kier alpha value is -2.60. The first kappa shape index (κ1) is 31.8. The number of hydrogen-bond donors (Lipinski definition) is 0. The Kier molecular flexibility index (Phi) is 9.46. The predicted octanol–water partition coefficient (Wildman–Crippen LogP) is 9.44. The summed E-state index contributed by atoms with van der Waals surface area (Å²) in [7, 11) is 0. The van der Waals surface area contributed by atoms with Crippen molar-refractivity contribution in [3.05, 3.63) is 58.9 Å². The highest BCUT2D eigenvalue weighted by Crippen LogP contribution is 2.47. The number of rotatable bonds is 7. The minimum Gasteiger partial charge on any atom is -0.432 e. The van der Waals surface area contributed by atoms with E-state index < -0.39 is 47.8 Å². The predicted molar refractivity (Wildman–Crippen MR) is 139 cm³/mol.